The zero-order chi connectivity index (χ0) is 13.5. The van der Waals surface area contributed by atoms with Gasteiger partial charge in [0.15, 0.2) is 0 Å². The van der Waals surface area contributed by atoms with Crippen molar-refractivity contribution in [3.05, 3.63) is 23.8 Å². The van der Waals surface area contributed by atoms with E-state index in [0.29, 0.717) is 0 Å². The molecule has 0 atom stereocenters. The fourth-order valence-electron chi connectivity index (χ4n) is 2.22. The molecule has 1 heterocycles. The summed E-state index contributed by atoms with van der Waals surface area (Å²) >= 11 is 0. The van der Waals surface area contributed by atoms with Crippen LogP contribution >= 0.6 is 0 Å². The number of nitrogens with zero attached hydrogens (tertiary/aromatic N) is 1. The highest BCUT2D eigenvalue weighted by molar-refractivity contribution is 5.59. The summed E-state index contributed by atoms with van der Waals surface area (Å²) in [5.41, 5.74) is 2.49. The van der Waals surface area contributed by atoms with Gasteiger partial charge in [0.25, 0.3) is 0 Å². The maximum Gasteiger partial charge on any atom is 0.142 e. The number of anilines is 1. The van der Waals surface area contributed by atoms with Gasteiger partial charge in [0.2, 0.25) is 0 Å². The molecule has 2 rings (SSSR count). The van der Waals surface area contributed by atoms with E-state index in [4.69, 9.17) is 4.74 Å². The van der Waals surface area contributed by atoms with Crippen molar-refractivity contribution in [2.24, 2.45) is 0 Å². The van der Waals surface area contributed by atoms with Crippen LogP contribution in [0.25, 0.3) is 0 Å². The number of benzene rings is 1. The van der Waals surface area contributed by atoms with Crippen molar-refractivity contribution in [2.45, 2.75) is 12.8 Å². The van der Waals surface area contributed by atoms with Gasteiger partial charge in [-0.2, -0.15) is 0 Å². The highest BCUT2D eigenvalue weighted by Crippen LogP contribution is 2.27. The van der Waals surface area contributed by atoms with E-state index in [1.807, 2.05) is 0 Å². The SMILES string of the molecule is CN(C)CCCNCCc1ccc2c(c1)NCCO2. The molecule has 2 N–H and O–H groups in total. The first-order valence-electron chi connectivity index (χ1n) is 7.11. The molecule has 0 bridgehead atoms. The lowest BCUT2D eigenvalue weighted by Gasteiger charge is -2.19. The van der Waals surface area contributed by atoms with Crippen molar-refractivity contribution < 1.29 is 4.74 Å². The van der Waals surface area contributed by atoms with Crippen LogP contribution < -0.4 is 15.4 Å². The number of hydrogen-bond acceptors (Lipinski definition) is 4. The van der Waals surface area contributed by atoms with Crippen molar-refractivity contribution in [3.63, 3.8) is 0 Å². The van der Waals surface area contributed by atoms with Crippen molar-refractivity contribution in [1.82, 2.24) is 10.2 Å². The van der Waals surface area contributed by atoms with Gasteiger partial charge in [-0.05, 0) is 64.3 Å². The summed E-state index contributed by atoms with van der Waals surface area (Å²) in [6.45, 7) is 4.93. The number of nitrogens with one attached hydrogen (secondary N) is 2. The molecular formula is C15H25N3O. The van der Waals surface area contributed by atoms with Gasteiger partial charge < -0.3 is 20.3 Å². The third-order valence-electron chi connectivity index (χ3n) is 3.27. The van der Waals surface area contributed by atoms with Gasteiger partial charge in [0.05, 0.1) is 5.69 Å². The molecule has 0 amide bonds. The van der Waals surface area contributed by atoms with Crippen LogP contribution in [0.1, 0.15) is 12.0 Å². The smallest absolute Gasteiger partial charge is 0.142 e. The van der Waals surface area contributed by atoms with Crippen LogP contribution in [0, 0.1) is 0 Å². The Balaban J connectivity index is 1.68. The molecule has 0 fully saturated rings. The lowest BCUT2D eigenvalue weighted by Crippen LogP contribution is -2.23. The summed E-state index contributed by atoms with van der Waals surface area (Å²) in [5, 5.41) is 6.87. The molecule has 1 aliphatic rings. The van der Waals surface area contributed by atoms with Crippen LogP contribution in [0.3, 0.4) is 0 Å². The molecular weight excluding hydrogens is 238 g/mol. The number of ether oxygens (including phenoxy) is 1. The Labute approximate surface area is 116 Å². The standard InChI is InChI=1S/C15H25N3O/c1-18(2)10-3-7-16-8-6-13-4-5-15-14(12-13)17-9-11-19-15/h4-5,12,16-17H,3,6-11H2,1-2H3. The molecule has 19 heavy (non-hydrogen) atoms. The van der Waals surface area contributed by atoms with Crippen LogP contribution in [0.15, 0.2) is 18.2 Å². The van der Waals surface area contributed by atoms with E-state index in [2.05, 4.69) is 47.8 Å². The first-order chi connectivity index (χ1) is 9.25. The minimum Gasteiger partial charge on any atom is -0.490 e. The molecule has 0 saturated heterocycles. The van der Waals surface area contributed by atoms with E-state index in [1.54, 1.807) is 0 Å². The van der Waals surface area contributed by atoms with Crippen molar-refractivity contribution in [1.29, 1.82) is 0 Å². The minimum atomic E-state index is 0.764. The predicted molar refractivity (Wildman–Crippen MR) is 80.2 cm³/mol. The van der Waals surface area contributed by atoms with E-state index in [9.17, 15) is 0 Å². The molecule has 0 aliphatic carbocycles. The van der Waals surface area contributed by atoms with Crippen molar-refractivity contribution >= 4 is 5.69 Å². The molecule has 0 unspecified atom stereocenters. The molecule has 1 aliphatic heterocycles. The molecule has 0 aromatic heterocycles. The molecule has 1 aromatic carbocycles. The van der Waals surface area contributed by atoms with Crippen LogP contribution in [0.5, 0.6) is 5.75 Å². The normalized spacial score (nSPS) is 13.8. The summed E-state index contributed by atoms with van der Waals surface area (Å²) in [4.78, 5) is 2.22. The Hall–Kier alpha value is -1.26. The van der Waals surface area contributed by atoms with Crippen molar-refractivity contribution in [3.8, 4) is 5.75 Å². The largest absolute Gasteiger partial charge is 0.490 e. The van der Waals surface area contributed by atoms with Gasteiger partial charge in [-0.3, -0.25) is 0 Å². The van der Waals surface area contributed by atoms with E-state index in [1.165, 1.54) is 12.0 Å². The second kappa shape index (κ2) is 7.36. The fraction of sp³-hybridized carbons (Fsp3) is 0.600. The van der Waals surface area contributed by atoms with E-state index in [0.717, 1.165) is 50.6 Å². The Bertz CT molecular complexity index is 393. The lowest BCUT2D eigenvalue weighted by atomic mass is 10.1. The lowest BCUT2D eigenvalue weighted by molar-refractivity contribution is 0.323. The van der Waals surface area contributed by atoms with Gasteiger partial charge in [0.1, 0.15) is 12.4 Å². The monoisotopic (exact) mass is 263 g/mol. The third kappa shape index (κ3) is 4.73. The maximum absolute atomic E-state index is 5.58. The highest BCUT2D eigenvalue weighted by Gasteiger charge is 2.09. The zero-order valence-corrected chi connectivity index (χ0v) is 12.0. The second-order valence-corrected chi connectivity index (χ2v) is 5.26. The van der Waals surface area contributed by atoms with E-state index in [-0.39, 0.29) is 0 Å². The first kappa shape index (κ1) is 14.2. The third-order valence-corrected chi connectivity index (χ3v) is 3.27. The second-order valence-electron chi connectivity index (χ2n) is 5.26. The Morgan fingerprint density at radius 1 is 1.32 bits per heavy atom. The summed E-state index contributed by atoms with van der Waals surface area (Å²) in [6.07, 6.45) is 2.27. The average molecular weight is 263 g/mol. The fourth-order valence-corrected chi connectivity index (χ4v) is 2.22. The van der Waals surface area contributed by atoms with Crippen LogP contribution in [-0.2, 0) is 6.42 Å². The van der Waals surface area contributed by atoms with Crippen molar-refractivity contribution in [2.75, 3.05) is 52.2 Å². The minimum absolute atomic E-state index is 0.764. The van der Waals surface area contributed by atoms with E-state index >= 15 is 0 Å². The van der Waals surface area contributed by atoms with Gasteiger partial charge >= 0.3 is 0 Å². The van der Waals surface area contributed by atoms with Crippen LogP contribution in [-0.4, -0.2) is 51.8 Å². The van der Waals surface area contributed by atoms with Gasteiger partial charge in [0, 0.05) is 6.54 Å². The molecule has 4 heteroatoms. The average Bonchev–Trinajstić information content (AvgIpc) is 2.42. The van der Waals surface area contributed by atoms with Crippen LogP contribution in [0.4, 0.5) is 5.69 Å². The molecule has 4 nitrogen and oxygen atoms in total. The number of rotatable bonds is 7. The van der Waals surface area contributed by atoms with Crippen LogP contribution in [0.2, 0.25) is 0 Å². The molecule has 0 saturated carbocycles. The summed E-state index contributed by atoms with van der Waals surface area (Å²) in [5.74, 6) is 0.981. The zero-order valence-electron chi connectivity index (χ0n) is 12.0. The molecule has 1 aromatic rings. The molecule has 0 radical (unpaired) electrons. The first-order valence-corrected chi connectivity index (χ1v) is 7.11. The molecule has 106 valence electrons. The predicted octanol–water partition coefficient (Wildman–Crippen LogP) is 1.57. The topological polar surface area (TPSA) is 36.5 Å². The summed E-state index contributed by atoms with van der Waals surface area (Å²) < 4.78 is 5.58. The maximum atomic E-state index is 5.58. The van der Waals surface area contributed by atoms with Gasteiger partial charge in [-0.25, -0.2) is 0 Å². The number of fused-ring (bicyclic) bond motifs is 1. The Kier molecular flexibility index (Phi) is 5.48. The van der Waals surface area contributed by atoms with Gasteiger partial charge in [-0.1, -0.05) is 6.07 Å². The highest BCUT2D eigenvalue weighted by atomic mass is 16.5. The Morgan fingerprint density at radius 3 is 3.05 bits per heavy atom. The summed E-state index contributed by atoms with van der Waals surface area (Å²) in [7, 11) is 4.23. The van der Waals surface area contributed by atoms with E-state index < -0.39 is 0 Å². The summed E-state index contributed by atoms with van der Waals surface area (Å²) in [6, 6.07) is 6.44. The van der Waals surface area contributed by atoms with Gasteiger partial charge in [-0.15, -0.1) is 0 Å². The quantitative estimate of drug-likeness (QED) is 0.732. The number of hydrogen-bond donors (Lipinski definition) is 2. The molecule has 0 spiro atoms. The Morgan fingerprint density at radius 2 is 2.21 bits per heavy atom.